The third-order valence-electron chi connectivity index (χ3n) is 5.75. The molecule has 28 heavy (non-hydrogen) atoms. The van der Waals surface area contributed by atoms with Gasteiger partial charge in [0.25, 0.3) is 10.0 Å². The molecular weight excluding hydrogens is 376 g/mol. The van der Waals surface area contributed by atoms with Gasteiger partial charge in [-0.15, -0.1) is 0 Å². The highest BCUT2D eigenvalue weighted by Crippen LogP contribution is 2.39. The fourth-order valence-electron chi connectivity index (χ4n) is 4.35. The maximum absolute atomic E-state index is 13.3. The predicted octanol–water partition coefficient (Wildman–Crippen LogP) is 2.62. The normalized spacial score (nSPS) is 16.5. The van der Waals surface area contributed by atoms with Crippen LogP contribution in [0.2, 0.25) is 0 Å². The third-order valence-corrected chi connectivity index (χ3v) is 7.14. The van der Waals surface area contributed by atoms with E-state index in [0.29, 0.717) is 11.3 Å². The number of benzene rings is 2. The molecule has 2 aliphatic carbocycles. The van der Waals surface area contributed by atoms with Gasteiger partial charge in [0.2, 0.25) is 5.91 Å². The zero-order valence-electron chi connectivity index (χ0n) is 15.8. The topological polar surface area (TPSA) is 109 Å². The Morgan fingerprint density at radius 3 is 2.21 bits per heavy atom. The molecule has 0 aliphatic heterocycles. The van der Waals surface area contributed by atoms with Gasteiger partial charge in [-0.3, -0.25) is 9.52 Å². The third kappa shape index (κ3) is 3.18. The van der Waals surface area contributed by atoms with Gasteiger partial charge in [0, 0.05) is 0 Å². The number of anilines is 1. The smallest absolute Gasteiger partial charge is 0.262 e. The number of amides is 1. The van der Waals surface area contributed by atoms with Crippen molar-refractivity contribution < 1.29 is 18.3 Å². The summed E-state index contributed by atoms with van der Waals surface area (Å²) in [7, 11) is -4.05. The summed E-state index contributed by atoms with van der Waals surface area (Å²) in [5.41, 5.74) is 11.0. The summed E-state index contributed by atoms with van der Waals surface area (Å²) < 4.78 is 29.4. The van der Waals surface area contributed by atoms with Crippen molar-refractivity contribution in [3.8, 4) is 0 Å². The Kier molecular flexibility index (Phi) is 4.67. The lowest BCUT2D eigenvalue weighted by Gasteiger charge is -2.18. The Morgan fingerprint density at radius 2 is 1.68 bits per heavy atom. The summed E-state index contributed by atoms with van der Waals surface area (Å²) in [5.74, 6) is -0.818. The van der Waals surface area contributed by atoms with Gasteiger partial charge >= 0.3 is 0 Å². The molecule has 2 aromatic rings. The number of carbonyl (C=O) groups is 1. The molecule has 0 saturated heterocycles. The summed E-state index contributed by atoms with van der Waals surface area (Å²) in [6, 6.07) is 6.43. The number of aryl methyl sites for hydroxylation is 2. The lowest BCUT2D eigenvalue weighted by molar-refractivity contribution is 0.0997. The molecule has 1 atom stereocenters. The van der Waals surface area contributed by atoms with Crippen molar-refractivity contribution in [3.05, 3.63) is 57.6 Å². The molecule has 2 aliphatic rings. The lowest BCUT2D eigenvalue weighted by Crippen LogP contribution is -2.22. The first-order valence-corrected chi connectivity index (χ1v) is 11.1. The van der Waals surface area contributed by atoms with Crippen LogP contribution in [0.5, 0.6) is 0 Å². The zero-order chi connectivity index (χ0) is 20.1. The monoisotopic (exact) mass is 400 g/mol. The zero-order valence-corrected chi connectivity index (χ0v) is 16.6. The van der Waals surface area contributed by atoms with Crippen LogP contribution in [0.4, 0.5) is 5.69 Å². The molecule has 0 heterocycles. The molecule has 0 spiro atoms. The van der Waals surface area contributed by atoms with Crippen LogP contribution in [0, 0.1) is 0 Å². The highest BCUT2D eigenvalue weighted by Gasteiger charge is 2.29. The minimum Gasteiger partial charge on any atom is -0.389 e. The van der Waals surface area contributed by atoms with Crippen LogP contribution in [0.15, 0.2) is 29.2 Å². The molecule has 7 heteroatoms. The van der Waals surface area contributed by atoms with Crippen molar-refractivity contribution in [1.82, 2.24) is 0 Å². The molecule has 148 valence electrons. The van der Waals surface area contributed by atoms with Crippen molar-refractivity contribution in [3.63, 3.8) is 0 Å². The molecule has 4 N–H and O–H groups in total. The van der Waals surface area contributed by atoms with E-state index < -0.39 is 22.0 Å². The van der Waals surface area contributed by atoms with Crippen molar-refractivity contribution in [2.45, 2.75) is 56.4 Å². The number of aliphatic hydroxyl groups is 1. The van der Waals surface area contributed by atoms with Crippen molar-refractivity contribution in [2.24, 2.45) is 5.73 Å². The highest BCUT2D eigenvalue weighted by atomic mass is 32.2. The Labute approximate surface area is 164 Å². The van der Waals surface area contributed by atoms with Crippen LogP contribution >= 0.6 is 0 Å². The largest absolute Gasteiger partial charge is 0.389 e. The number of hydrogen-bond acceptors (Lipinski definition) is 4. The van der Waals surface area contributed by atoms with Gasteiger partial charge < -0.3 is 10.8 Å². The second kappa shape index (κ2) is 6.90. The molecule has 4 rings (SSSR count). The summed E-state index contributed by atoms with van der Waals surface area (Å²) >= 11 is 0. The van der Waals surface area contributed by atoms with E-state index in [2.05, 4.69) is 10.8 Å². The first kappa shape index (κ1) is 19.0. The quantitative estimate of drug-likeness (QED) is 0.717. The summed E-state index contributed by atoms with van der Waals surface area (Å²) in [4.78, 5) is 11.7. The van der Waals surface area contributed by atoms with Crippen LogP contribution in [0.25, 0.3) is 0 Å². The number of aliphatic hydroxyl groups excluding tert-OH is 1. The van der Waals surface area contributed by atoms with Gasteiger partial charge in [0.1, 0.15) is 4.90 Å². The van der Waals surface area contributed by atoms with Crippen molar-refractivity contribution >= 4 is 21.6 Å². The second-order valence-corrected chi connectivity index (χ2v) is 9.29. The van der Waals surface area contributed by atoms with Gasteiger partial charge in [0.05, 0.1) is 17.4 Å². The van der Waals surface area contributed by atoms with Gasteiger partial charge in [-0.25, -0.2) is 8.42 Å². The summed E-state index contributed by atoms with van der Waals surface area (Å²) in [6.07, 6.45) is 4.77. The molecule has 0 fully saturated rings. The molecule has 0 bridgehead atoms. The maximum Gasteiger partial charge on any atom is 0.262 e. The Morgan fingerprint density at radius 1 is 1.07 bits per heavy atom. The highest BCUT2D eigenvalue weighted by molar-refractivity contribution is 7.92. The minimum atomic E-state index is -4.05. The molecule has 0 radical (unpaired) electrons. The molecule has 0 saturated carbocycles. The van der Waals surface area contributed by atoms with E-state index in [0.717, 1.165) is 49.7 Å². The van der Waals surface area contributed by atoms with E-state index in [4.69, 9.17) is 5.73 Å². The number of fused-ring (bicyclic) bond motifs is 2. The van der Waals surface area contributed by atoms with Crippen LogP contribution in [0.3, 0.4) is 0 Å². The van der Waals surface area contributed by atoms with Crippen molar-refractivity contribution in [2.75, 3.05) is 4.72 Å². The molecule has 0 aromatic heterocycles. The maximum atomic E-state index is 13.3. The SMILES string of the molecule is CC(O)c1ccc(C(N)=O)c(S(=O)(=O)Nc2c3c(cc4c2CCC4)CCC3)c1. The van der Waals surface area contributed by atoms with Gasteiger partial charge in [-0.05, 0) is 85.4 Å². The molecule has 2 aromatic carbocycles. The van der Waals surface area contributed by atoms with Crippen LogP contribution in [-0.4, -0.2) is 19.4 Å². The van der Waals surface area contributed by atoms with E-state index in [1.165, 1.54) is 29.3 Å². The standard InChI is InChI=1S/C21H24N2O4S/c1-12(24)13-8-9-18(21(22)25)19(11-13)28(26,27)23-20-16-6-2-4-14(16)10-15-5-3-7-17(15)20/h8-12,23-24H,2-7H2,1H3,(H2,22,25). The Hall–Kier alpha value is -2.38. The molecular formula is C21H24N2O4S. The van der Waals surface area contributed by atoms with E-state index in [9.17, 15) is 18.3 Å². The number of sulfonamides is 1. The van der Waals surface area contributed by atoms with Crippen molar-refractivity contribution in [1.29, 1.82) is 0 Å². The lowest BCUT2D eigenvalue weighted by atomic mass is 9.99. The first-order chi connectivity index (χ1) is 13.3. The molecule has 1 amide bonds. The van der Waals surface area contributed by atoms with Crippen LogP contribution in [-0.2, 0) is 35.7 Å². The number of nitrogens with one attached hydrogen (secondary N) is 1. The van der Waals surface area contributed by atoms with E-state index >= 15 is 0 Å². The predicted molar refractivity (Wildman–Crippen MR) is 107 cm³/mol. The van der Waals surface area contributed by atoms with Crippen LogP contribution < -0.4 is 10.5 Å². The fraction of sp³-hybridized carbons (Fsp3) is 0.381. The number of hydrogen-bond donors (Lipinski definition) is 3. The van der Waals surface area contributed by atoms with Gasteiger partial charge in [-0.2, -0.15) is 0 Å². The van der Waals surface area contributed by atoms with E-state index in [-0.39, 0.29) is 10.5 Å². The number of nitrogens with two attached hydrogens (primary N) is 1. The number of primary amides is 1. The Balaban J connectivity index is 1.84. The van der Waals surface area contributed by atoms with E-state index in [1.54, 1.807) is 6.92 Å². The van der Waals surface area contributed by atoms with E-state index in [1.807, 2.05) is 0 Å². The average molecular weight is 401 g/mol. The molecule has 1 unspecified atom stereocenters. The second-order valence-electron chi connectivity index (χ2n) is 7.64. The first-order valence-electron chi connectivity index (χ1n) is 9.59. The van der Waals surface area contributed by atoms with Gasteiger partial charge in [0.15, 0.2) is 0 Å². The average Bonchev–Trinajstić information content (AvgIpc) is 3.29. The Bertz CT molecular complexity index is 1040. The molecule has 6 nitrogen and oxygen atoms in total. The minimum absolute atomic E-state index is 0.0823. The number of rotatable bonds is 5. The fourth-order valence-corrected chi connectivity index (χ4v) is 5.73. The van der Waals surface area contributed by atoms with Gasteiger partial charge in [-0.1, -0.05) is 12.1 Å². The number of carbonyl (C=O) groups excluding carboxylic acids is 1. The summed E-state index contributed by atoms with van der Waals surface area (Å²) in [5, 5.41) is 9.86. The summed E-state index contributed by atoms with van der Waals surface area (Å²) in [6.45, 7) is 1.54. The van der Waals surface area contributed by atoms with Crippen LogP contribution in [0.1, 0.15) is 64.0 Å².